The Labute approximate surface area is 92.7 Å². The van der Waals surface area contributed by atoms with E-state index in [1.54, 1.807) is 0 Å². The van der Waals surface area contributed by atoms with Gasteiger partial charge in [-0.2, -0.15) is 0 Å². The zero-order valence-electron chi connectivity index (χ0n) is 7.16. The number of pyridine rings is 1. The number of nitrogens with one attached hydrogen (secondary N) is 1. The van der Waals surface area contributed by atoms with Crippen LogP contribution in [0.25, 0.3) is 0 Å². The highest BCUT2D eigenvalue weighted by molar-refractivity contribution is 9.10. The van der Waals surface area contributed by atoms with Crippen molar-refractivity contribution in [3.8, 4) is 0 Å². The number of hydrogen-bond acceptors (Lipinski definition) is 2. The van der Waals surface area contributed by atoms with Crippen LogP contribution in [-0.2, 0) is 0 Å². The van der Waals surface area contributed by atoms with Gasteiger partial charge in [0.25, 0.3) is 0 Å². The molecule has 0 spiro atoms. The lowest BCUT2D eigenvalue weighted by Crippen LogP contribution is -2.13. The minimum Gasteiger partial charge on any atom is -0.309 e. The first-order valence-electron chi connectivity index (χ1n) is 4.21. The van der Waals surface area contributed by atoms with Gasteiger partial charge in [0.15, 0.2) is 0 Å². The predicted molar refractivity (Wildman–Crippen MR) is 59.2 cm³/mol. The molecule has 4 heteroatoms. The fraction of sp³-hybridized carbons (Fsp3) is 0.444. The number of halogens is 2. The molecule has 1 N–H and O–H groups in total. The van der Waals surface area contributed by atoms with Crippen LogP contribution in [0.5, 0.6) is 0 Å². The third kappa shape index (κ3) is 2.66. The van der Waals surface area contributed by atoms with Crippen LogP contribution in [-0.4, -0.2) is 11.5 Å². The van der Waals surface area contributed by atoms with Crippen LogP contribution in [0, 0.1) is 0 Å². The summed E-state index contributed by atoms with van der Waals surface area (Å²) >= 11 is 3.37. The zero-order valence-corrected chi connectivity index (χ0v) is 9.57. The first-order valence-corrected chi connectivity index (χ1v) is 5.00. The van der Waals surface area contributed by atoms with E-state index in [0.29, 0.717) is 6.04 Å². The Morgan fingerprint density at radius 1 is 1.46 bits per heavy atom. The molecule has 1 atom stereocenters. The van der Waals surface area contributed by atoms with Gasteiger partial charge in [0.1, 0.15) is 0 Å². The molecule has 1 aromatic heterocycles. The molecular formula is C9H12BrClN2. The molecule has 0 bridgehead atoms. The lowest BCUT2D eigenvalue weighted by Gasteiger charge is -2.08. The van der Waals surface area contributed by atoms with Gasteiger partial charge in [-0.1, -0.05) is 0 Å². The number of hydrogen-bond donors (Lipinski definition) is 1. The summed E-state index contributed by atoms with van der Waals surface area (Å²) in [7, 11) is 0. The Balaban J connectivity index is 0.000000845. The van der Waals surface area contributed by atoms with Crippen LogP contribution in [0.15, 0.2) is 22.8 Å². The highest BCUT2D eigenvalue weighted by Gasteiger charge is 2.16. The van der Waals surface area contributed by atoms with Gasteiger partial charge in [-0.25, -0.2) is 0 Å². The molecule has 1 saturated heterocycles. The molecule has 0 aliphatic carbocycles. The summed E-state index contributed by atoms with van der Waals surface area (Å²) in [6, 6.07) is 4.60. The highest BCUT2D eigenvalue weighted by atomic mass is 79.9. The number of nitrogens with zero attached hydrogens (tertiary/aromatic N) is 1. The second-order valence-electron chi connectivity index (χ2n) is 3.05. The molecule has 2 heterocycles. The molecule has 1 aromatic rings. The maximum Gasteiger partial charge on any atom is 0.0574 e. The first kappa shape index (κ1) is 11.0. The number of aromatic nitrogens is 1. The van der Waals surface area contributed by atoms with E-state index in [2.05, 4.69) is 32.3 Å². The molecule has 1 aliphatic heterocycles. The Kier molecular flexibility index (Phi) is 4.16. The minimum absolute atomic E-state index is 0. The highest BCUT2D eigenvalue weighted by Crippen LogP contribution is 2.21. The lowest BCUT2D eigenvalue weighted by molar-refractivity contribution is 0.627. The fourth-order valence-corrected chi connectivity index (χ4v) is 1.76. The Bertz CT molecular complexity index is 257. The van der Waals surface area contributed by atoms with E-state index >= 15 is 0 Å². The number of rotatable bonds is 1. The minimum atomic E-state index is 0. The molecule has 0 amide bonds. The normalized spacial score (nSPS) is 21.2. The SMILES string of the molecule is Brc1ccc([C@H]2CCCN2)nc1.Cl. The Hall–Kier alpha value is -0.120. The molecule has 1 aliphatic rings. The lowest BCUT2D eigenvalue weighted by atomic mass is 10.1. The summed E-state index contributed by atoms with van der Waals surface area (Å²) in [5, 5.41) is 3.41. The zero-order chi connectivity index (χ0) is 8.39. The van der Waals surface area contributed by atoms with Crippen LogP contribution < -0.4 is 5.32 Å². The maximum atomic E-state index is 4.35. The van der Waals surface area contributed by atoms with Crippen LogP contribution in [0.4, 0.5) is 0 Å². The van der Waals surface area contributed by atoms with Gasteiger partial charge < -0.3 is 5.32 Å². The third-order valence-electron chi connectivity index (χ3n) is 2.17. The molecule has 0 aromatic carbocycles. The van der Waals surface area contributed by atoms with Crippen LogP contribution in [0.2, 0.25) is 0 Å². The maximum absolute atomic E-state index is 4.35. The molecular weight excluding hydrogens is 251 g/mol. The monoisotopic (exact) mass is 262 g/mol. The summed E-state index contributed by atoms with van der Waals surface area (Å²) in [5.74, 6) is 0. The molecule has 1 fully saturated rings. The Morgan fingerprint density at radius 2 is 2.31 bits per heavy atom. The van der Waals surface area contributed by atoms with Crippen molar-refractivity contribution >= 4 is 28.3 Å². The van der Waals surface area contributed by atoms with Crippen LogP contribution in [0.3, 0.4) is 0 Å². The van der Waals surface area contributed by atoms with Crippen molar-refractivity contribution in [1.29, 1.82) is 0 Å². The van der Waals surface area contributed by atoms with Crippen molar-refractivity contribution in [3.63, 3.8) is 0 Å². The average Bonchev–Trinajstić information content (AvgIpc) is 2.58. The largest absolute Gasteiger partial charge is 0.309 e. The van der Waals surface area contributed by atoms with Crippen molar-refractivity contribution in [2.24, 2.45) is 0 Å². The summed E-state index contributed by atoms with van der Waals surface area (Å²) < 4.78 is 1.05. The van der Waals surface area contributed by atoms with Crippen molar-refractivity contribution in [2.75, 3.05) is 6.54 Å². The predicted octanol–water partition coefficient (Wildman–Crippen LogP) is 2.69. The van der Waals surface area contributed by atoms with Gasteiger partial charge in [-0.15, -0.1) is 12.4 Å². The molecule has 0 radical (unpaired) electrons. The van der Waals surface area contributed by atoms with Crippen molar-refractivity contribution in [1.82, 2.24) is 10.3 Å². The summed E-state index contributed by atoms with van der Waals surface area (Å²) in [6.45, 7) is 1.13. The van der Waals surface area contributed by atoms with E-state index in [0.717, 1.165) is 16.7 Å². The second kappa shape index (κ2) is 4.94. The van der Waals surface area contributed by atoms with Gasteiger partial charge in [0, 0.05) is 16.7 Å². The molecule has 2 nitrogen and oxygen atoms in total. The summed E-state index contributed by atoms with van der Waals surface area (Å²) in [4.78, 5) is 4.35. The van der Waals surface area contributed by atoms with Gasteiger partial charge >= 0.3 is 0 Å². The molecule has 2 rings (SSSR count). The smallest absolute Gasteiger partial charge is 0.0574 e. The van der Waals surface area contributed by atoms with Gasteiger partial charge in [0.2, 0.25) is 0 Å². The third-order valence-corrected chi connectivity index (χ3v) is 2.64. The van der Waals surface area contributed by atoms with Gasteiger partial charge in [0.05, 0.1) is 5.69 Å². The van der Waals surface area contributed by atoms with Crippen molar-refractivity contribution in [2.45, 2.75) is 18.9 Å². The topological polar surface area (TPSA) is 24.9 Å². The molecule has 13 heavy (non-hydrogen) atoms. The summed E-state index contributed by atoms with van der Waals surface area (Å²) in [5.41, 5.74) is 1.16. The van der Waals surface area contributed by atoms with Gasteiger partial charge in [-0.05, 0) is 47.4 Å². The van der Waals surface area contributed by atoms with E-state index in [1.807, 2.05) is 12.3 Å². The fourth-order valence-electron chi connectivity index (χ4n) is 1.53. The summed E-state index contributed by atoms with van der Waals surface area (Å²) in [6.07, 6.45) is 4.34. The van der Waals surface area contributed by atoms with E-state index < -0.39 is 0 Å². The van der Waals surface area contributed by atoms with E-state index in [9.17, 15) is 0 Å². The average molecular weight is 264 g/mol. The second-order valence-corrected chi connectivity index (χ2v) is 3.97. The van der Waals surface area contributed by atoms with Gasteiger partial charge in [-0.3, -0.25) is 4.98 Å². The molecule has 0 unspecified atom stereocenters. The van der Waals surface area contributed by atoms with Crippen LogP contribution in [0.1, 0.15) is 24.6 Å². The standard InChI is InChI=1S/C9H11BrN2.ClH/c10-7-3-4-9(12-6-7)8-2-1-5-11-8;/h3-4,6,8,11H,1-2,5H2;1H/t8-;/m1./s1. The van der Waals surface area contributed by atoms with E-state index in [4.69, 9.17) is 0 Å². The Morgan fingerprint density at radius 3 is 2.85 bits per heavy atom. The molecule has 72 valence electrons. The van der Waals surface area contributed by atoms with Crippen LogP contribution >= 0.6 is 28.3 Å². The van der Waals surface area contributed by atoms with E-state index in [1.165, 1.54) is 12.8 Å². The molecule has 0 saturated carbocycles. The van der Waals surface area contributed by atoms with Crippen molar-refractivity contribution in [3.05, 3.63) is 28.5 Å². The van der Waals surface area contributed by atoms with E-state index in [-0.39, 0.29) is 12.4 Å². The quantitative estimate of drug-likeness (QED) is 0.843. The van der Waals surface area contributed by atoms with Crippen molar-refractivity contribution < 1.29 is 0 Å². The first-order chi connectivity index (χ1) is 5.86.